The first-order valence-electron chi connectivity index (χ1n) is 1.72. The van der Waals surface area contributed by atoms with Crippen LogP contribution in [0, 0.1) is 0 Å². The van der Waals surface area contributed by atoms with Crippen molar-refractivity contribution < 1.29 is 5.11 Å². The normalized spacial score (nSPS) is 20.0. The highest BCUT2D eigenvalue weighted by Gasteiger charge is 2.00. The molecule has 3 N–H and O–H groups in total. The average molecular weight is 201 g/mol. The molecule has 0 fully saturated rings. The van der Waals surface area contributed by atoms with E-state index in [1.165, 1.54) is 0 Å². The second-order valence-electron chi connectivity index (χ2n) is 1.19. The van der Waals surface area contributed by atoms with Gasteiger partial charge in [0.25, 0.3) is 0 Å². The summed E-state index contributed by atoms with van der Waals surface area (Å²) in [7, 11) is 0. The molecule has 0 aliphatic rings. The van der Waals surface area contributed by atoms with Gasteiger partial charge in [0.1, 0.15) is 0 Å². The van der Waals surface area contributed by atoms with E-state index in [1.54, 1.807) is 6.92 Å². The van der Waals surface area contributed by atoms with E-state index in [9.17, 15) is 0 Å². The molecule has 38 valence electrons. The molecule has 0 aliphatic heterocycles. The van der Waals surface area contributed by atoms with E-state index in [2.05, 4.69) is 0 Å². The van der Waals surface area contributed by atoms with Crippen molar-refractivity contribution in [2.75, 3.05) is 0 Å². The average Bonchev–Trinajstić information content (AvgIpc) is 1.36. The molecule has 0 aliphatic carbocycles. The van der Waals surface area contributed by atoms with Crippen LogP contribution in [0.25, 0.3) is 0 Å². The van der Waals surface area contributed by atoms with Crippen LogP contribution < -0.4 is 5.73 Å². The Kier molecular flexibility index (Phi) is 3.06. The molecule has 0 aromatic carbocycles. The standard InChI is InChI=1S/C3H8INO/c1-2(6)3(4)5/h2-3,6H,5H2,1H3/t2-,3-/m1/s1. The number of halogens is 1. The third-order valence-corrected chi connectivity index (χ3v) is 1.50. The van der Waals surface area contributed by atoms with Crippen LogP contribution in [0.5, 0.6) is 0 Å². The lowest BCUT2D eigenvalue weighted by molar-refractivity contribution is 0.198. The van der Waals surface area contributed by atoms with Crippen LogP contribution >= 0.6 is 22.6 Å². The minimum atomic E-state index is -0.384. The fourth-order valence-corrected chi connectivity index (χ4v) is 0. The van der Waals surface area contributed by atoms with Crippen LogP contribution in [0.4, 0.5) is 0 Å². The SMILES string of the molecule is C[C@@H](O)[C@@H](N)I. The van der Waals surface area contributed by atoms with Gasteiger partial charge in [-0.05, 0) is 6.92 Å². The zero-order valence-corrected chi connectivity index (χ0v) is 5.71. The van der Waals surface area contributed by atoms with Crippen LogP contribution in [-0.2, 0) is 0 Å². The Labute approximate surface area is 50.9 Å². The molecule has 0 heterocycles. The van der Waals surface area contributed by atoms with E-state index < -0.39 is 0 Å². The smallest absolute Gasteiger partial charge is 0.0828 e. The molecule has 0 saturated carbocycles. The van der Waals surface area contributed by atoms with Gasteiger partial charge >= 0.3 is 0 Å². The molecule has 0 spiro atoms. The fraction of sp³-hybridized carbons (Fsp3) is 1.00. The summed E-state index contributed by atoms with van der Waals surface area (Å²) in [6, 6.07) is 0. The maximum atomic E-state index is 8.50. The maximum absolute atomic E-state index is 8.50. The van der Waals surface area contributed by atoms with Crippen molar-refractivity contribution in [1.82, 2.24) is 0 Å². The molecule has 0 rings (SSSR count). The van der Waals surface area contributed by atoms with Crippen LogP contribution in [0.15, 0.2) is 0 Å². The topological polar surface area (TPSA) is 46.2 Å². The van der Waals surface area contributed by atoms with Gasteiger partial charge in [0, 0.05) is 0 Å². The molecule has 2 nitrogen and oxygen atoms in total. The molecule has 0 aromatic heterocycles. The molecule has 0 bridgehead atoms. The third-order valence-electron chi connectivity index (χ3n) is 0.461. The van der Waals surface area contributed by atoms with Gasteiger partial charge in [-0.25, -0.2) is 0 Å². The predicted octanol–water partition coefficient (Wildman–Crippen LogP) is 0.0870. The van der Waals surface area contributed by atoms with Gasteiger partial charge in [-0.1, -0.05) is 22.6 Å². The lowest BCUT2D eigenvalue weighted by Gasteiger charge is -2.02. The highest BCUT2D eigenvalue weighted by Crippen LogP contribution is 1.95. The summed E-state index contributed by atoms with van der Waals surface area (Å²) in [5.74, 6) is 0. The molecular weight excluding hydrogens is 193 g/mol. The Morgan fingerprint density at radius 3 is 2.00 bits per heavy atom. The van der Waals surface area contributed by atoms with Gasteiger partial charge < -0.3 is 10.8 Å². The van der Waals surface area contributed by atoms with Gasteiger partial charge in [0.2, 0.25) is 0 Å². The predicted molar refractivity (Wildman–Crippen MR) is 33.7 cm³/mol. The molecule has 6 heavy (non-hydrogen) atoms. The van der Waals surface area contributed by atoms with Crippen molar-refractivity contribution in [1.29, 1.82) is 0 Å². The zero-order chi connectivity index (χ0) is 5.15. The Hall–Kier alpha value is 0.650. The first kappa shape index (κ1) is 6.65. The summed E-state index contributed by atoms with van der Waals surface area (Å²) in [4.78, 5) is 0. The Morgan fingerprint density at radius 2 is 2.00 bits per heavy atom. The van der Waals surface area contributed by atoms with E-state index in [0.717, 1.165) is 0 Å². The maximum Gasteiger partial charge on any atom is 0.0828 e. The third kappa shape index (κ3) is 2.87. The van der Waals surface area contributed by atoms with E-state index >= 15 is 0 Å². The molecule has 2 atom stereocenters. The Bertz CT molecular complexity index is 31.8. The fourth-order valence-electron chi connectivity index (χ4n) is 0. The highest BCUT2D eigenvalue weighted by molar-refractivity contribution is 14.1. The lowest BCUT2D eigenvalue weighted by Crippen LogP contribution is -2.24. The minimum absolute atomic E-state index is 0.123. The molecule has 3 heteroatoms. The van der Waals surface area contributed by atoms with Crippen molar-refractivity contribution in [3.63, 3.8) is 0 Å². The molecule has 0 radical (unpaired) electrons. The van der Waals surface area contributed by atoms with Crippen molar-refractivity contribution in [2.24, 2.45) is 5.73 Å². The molecule has 0 aromatic rings. The van der Waals surface area contributed by atoms with Gasteiger partial charge in [0.05, 0.1) is 10.2 Å². The number of alkyl halides is 1. The first-order chi connectivity index (χ1) is 2.64. The molecule has 0 amide bonds. The van der Waals surface area contributed by atoms with E-state index in [4.69, 9.17) is 10.8 Å². The summed E-state index contributed by atoms with van der Waals surface area (Å²) < 4.78 is -0.123. The number of nitrogens with two attached hydrogens (primary N) is 1. The molecule has 0 unspecified atom stereocenters. The van der Waals surface area contributed by atoms with Gasteiger partial charge in [0.15, 0.2) is 0 Å². The summed E-state index contributed by atoms with van der Waals surface area (Å²) in [5, 5.41) is 8.50. The summed E-state index contributed by atoms with van der Waals surface area (Å²) >= 11 is 1.96. The minimum Gasteiger partial charge on any atom is -0.391 e. The number of hydrogen-bond donors (Lipinski definition) is 2. The quantitative estimate of drug-likeness (QED) is 0.358. The van der Waals surface area contributed by atoms with Gasteiger partial charge in [-0.15, -0.1) is 0 Å². The molecular formula is C3H8INO. The number of rotatable bonds is 1. The number of aliphatic hydroxyl groups excluding tert-OH is 1. The number of hydrogen-bond acceptors (Lipinski definition) is 2. The second-order valence-corrected chi connectivity index (χ2v) is 2.62. The van der Waals surface area contributed by atoms with E-state index in [0.29, 0.717) is 0 Å². The largest absolute Gasteiger partial charge is 0.391 e. The van der Waals surface area contributed by atoms with E-state index in [-0.39, 0.29) is 10.2 Å². The monoisotopic (exact) mass is 201 g/mol. The first-order valence-corrected chi connectivity index (χ1v) is 2.97. The Balaban J connectivity index is 2.99. The summed E-state index contributed by atoms with van der Waals surface area (Å²) in [5.41, 5.74) is 5.17. The van der Waals surface area contributed by atoms with Gasteiger partial charge in [-0.2, -0.15) is 0 Å². The van der Waals surface area contributed by atoms with Crippen molar-refractivity contribution in [3.05, 3.63) is 0 Å². The van der Waals surface area contributed by atoms with Crippen LogP contribution in [0.1, 0.15) is 6.92 Å². The van der Waals surface area contributed by atoms with Crippen molar-refractivity contribution >= 4 is 22.6 Å². The van der Waals surface area contributed by atoms with Crippen molar-refractivity contribution in [3.8, 4) is 0 Å². The van der Waals surface area contributed by atoms with Crippen LogP contribution in [-0.4, -0.2) is 15.3 Å². The van der Waals surface area contributed by atoms with Gasteiger partial charge in [-0.3, -0.25) is 0 Å². The lowest BCUT2D eigenvalue weighted by atomic mass is 10.4. The van der Waals surface area contributed by atoms with Crippen LogP contribution in [0.3, 0.4) is 0 Å². The van der Waals surface area contributed by atoms with Crippen molar-refractivity contribution in [2.45, 2.75) is 17.1 Å². The summed E-state index contributed by atoms with van der Waals surface area (Å²) in [6.45, 7) is 1.66. The zero-order valence-electron chi connectivity index (χ0n) is 3.56. The van der Waals surface area contributed by atoms with E-state index in [1.807, 2.05) is 22.6 Å². The Morgan fingerprint density at radius 1 is 1.83 bits per heavy atom. The second kappa shape index (κ2) is 2.76. The summed E-state index contributed by atoms with van der Waals surface area (Å²) in [6.07, 6.45) is -0.384. The molecule has 0 saturated heterocycles. The number of aliphatic hydroxyl groups is 1. The van der Waals surface area contributed by atoms with Crippen LogP contribution in [0.2, 0.25) is 0 Å². The highest BCUT2D eigenvalue weighted by atomic mass is 127.